The molecule has 0 radical (unpaired) electrons. The van der Waals surface area contributed by atoms with Gasteiger partial charge in [0.1, 0.15) is 11.3 Å². The zero-order valence-corrected chi connectivity index (χ0v) is 11.4. The van der Waals surface area contributed by atoms with Gasteiger partial charge in [-0.2, -0.15) is 0 Å². The molecule has 0 aromatic rings. The predicted molar refractivity (Wildman–Crippen MR) is 63.2 cm³/mol. The SMILES string of the molecule is CCCC(C)(NC(=O)CS(C)(=O)=O)C(=O)OC. The number of carbonyl (C=O) groups is 2. The number of carbonyl (C=O) groups excluding carboxylic acids is 2. The fourth-order valence-corrected chi connectivity index (χ4v) is 2.07. The lowest BCUT2D eigenvalue weighted by Gasteiger charge is -2.27. The van der Waals surface area contributed by atoms with Crippen LogP contribution in [0.5, 0.6) is 0 Å². The second-order valence-electron chi connectivity index (χ2n) is 4.19. The average Bonchev–Trinajstić information content (AvgIpc) is 2.13. The lowest BCUT2D eigenvalue weighted by molar-refractivity contribution is -0.150. The van der Waals surface area contributed by atoms with Gasteiger partial charge in [-0.15, -0.1) is 0 Å². The van der Waals surface area contributed by atoms with Crippen molar-refractivity contribution in [2.24, 2.45) is 0 Å². The third-order valence-corrected chi connectivity index (χ3v) is 2.98. The fraction of sp³-hybridized carbons (Fsp3) is 0.800. The average molecular weight is 265 g/mol. The predicted octanol–water partition coefficient (Wildman–Crippen LogP) is -0.121. The van der Waals surface area contributed by atoms with Gasteiger partial charge in [0.25, 0.3) is 0 Å². The zero-order chi connectivity index (χ0) is 13.7. The molecule has 0 fully saturated rings. The number of hydrogen-bond acceptors (Lipinski definition) is 5. The van der Waals surface area contributed by atoms with Crippen molar-refractivity contribution in [3.8, 4) is 0 Å². The van der Waals surface area contributed by atoms with Crippen molar-refractivity contribution >= 4 is 21.7 Å². The zero-order valence-electron chi connectivity index (χ0n) is 10.6. The van der Waals surface area contributed by atoms with E-state index in [-0.39, 0.29) is 0 Å². The monoisotopic (exact) mass is 265 g/mol. The van der Waals surface area contributed by atoms with Crippen LogP contribution in [0, 0.1) is 0 Å². The van der Waals surface area contributed by atoms with Crippen molar-refractivity contribution in [1.82, 2.24) is 5.32 Å². The van der Waals surface area contributed by atoms with Crippen LogP contribution in [0.4, 0.5) is 0 Å². The van der Waals surface area contributed by atoms with E-state index in [2.05, 4.69) is 10.1 Å². The number of methoxy groups -OCH3 is 1. The van der Waals surface area contributed by atoms with Gasteiger partial charge < -0.3 is 10.1 Å². The van der Waals surface area contributed by atoms with Crippen molar-refractivity contribution in [2.75, 3.05) is 19.1 Å². The maximum Gasteiger partial charge on any atom is 0.331 e. The second-order valence-corrected chi connectivity index (χ2v) is 6.33. The summed E-state index contributed by atoms with van der Waals surface area (Å²) < 4.78 is 26.5. The normalized spacial score (nSPS) is 14.8. The molecular formula is C10H19NO5S. The Kier molecular flexibility index (Phi) is 5.60. The van der Waals surface area contributed by atoms with Gasteiger partial charge in [0.05, 0.1) is 7.11 Å². The van der Waals surface area contributed by atoms with E-state index < -0.39 is 33.0 Å². The minimum absolute atomic E-state index is 0.384. The summed E-state index contributed by atoms with van der Waals surface area (Å²) in [5, 5.41) is 2.41. The maximum absolute atomic E-state index is 11.5. The summed E-state index contributed by atoms with van der Waals surface area (Å²) in [5.41, 5.74) is -1.18. The summed E-state index contributed by atoms with van der Waals surface area (Å²) in [5.74, 6) is -1.92. The van der Waals surface area contributed by atoms with E-state index in [9.17, 15) is 18.0 Å². The third kappa shape index (κ3) is 5.67. The van der Waals surface area contributed by atoms with Crippen molar-refractivity contribution in [1.29, 1.82) is 0 Å². The third-order valence-electron chi connectivity index (χ3n) is 2.19. The summed E-state index contributed by atoms with van der Waals surface area (Å²) in [6.45, 7) is 3.37. The lowest BCUT2D eigenvalue weighted by Crippen LogP contribution is -2.54. The lowest BCUT2D eigenvalue weighted by atomic mass is 9.96. The van der Waals surface area contributed by atoms with Crippen molar-refractivity contribution in [2.45, 2.75) is 32.2 Å². The molecule has 17 heavy (non-hydrogen) atoms. The van der Waals surface area contributed by atoms with Gasteiger partial charge in [-0.3, -0.25) is 4.79 Å². The largest absolute Gasteiger partial charge is 0.467 e. The number of sulfone groups is 1. The van der Waals surface area contributed by atoms with E-state index in [0.29, 0.717) is 12.8 Å². The Balaban J connectivity index is 4.77. The molecule has 0 aliphatic rings. The van der Waals surface area contributed by atoms with E-state index in [1.807, 2.05) is 6.92 Å². The van der Waals surface area contributed by atoms with E-state index in [0.717, 1.165) is 6.26 Å². The number of ether oxygens (including phenoxy) is 1. The Morgan fingerprint density at radius 2 is 1.88 bits per heavy atom. The molecule has 1 N–H and O–H groups in total. The first-order valence-corrected chi connectivity index (χ1v) is 7.28. The second kappa shape index (κ2) is 6.00. The van der Waals surface area contributed by atoms with Crippen LogP contribution in [-0.4, -0.2) is 45.0 Å². The van der Waals surface area contributed by atoms with Gasteiger partial charge in [-0.05, 0) is 13.3 Å². The van der Waals surface area contributed by atoms with Crippen LogP contribution in [0.2, 0.25) is 0 Å². The highest BCUT2D eigenvalue weighted by Crippen LogP contribution is 2.14. The van der Waals surface area contributed by atoms with Crippen LogP contribution in [-0.2, 0) is 24.2 Å². The first-order chi connectivity index (χ1) is 7.64. The van der Waals surface area contributed by atoms with Crippen molar-refractivity contribution in [3.63, 3.8) is 0 Å². The van der Waals surface area contributed by atoms with E-state index in [1.54, 1.807) is 0 Å². The van der Waals surface area contributed by atoms with Gasteiger partial charge in [-0.1, -0.05) is 13.3 Å². The van der Waals surface area contributed by atoms with Crippen LogP contribution in [0.25, 0.3) is 0 Å². The molecular weight excluding hydrogens is 246 g/mol. The highest BCUT2D eigenvalue weighted by atomic mass is 32.2. The molecule has 0 rings (SSSR count). The van der Waals surface area contributed by atoms with E-state index in [4.69, 9.17) is 0 Å². The Bertz CT molecular complexity index is 390. The molecule has 0 spiro atoms. The van der Waals surface area contributed by atoms with Gasteiger partial charge in [0, 0.05) is 6.26 Å². The minimum atomic E-state index is -3.41. The van der Waals surface area contributed by atoms with Gasteiger partial charge in [-0.25, -0.2) is 13.2 Å². The van der Waals surface area contributed by atoms with E-state index in [1.165, 1.54) is 14.0 Å². The maximum atomic E-state index is 11.5. The highest BCUT2D eigenvalue weighted by Gasteiger charge is 2.35. The summed E-state index contributed by atoms with van der Waals surface area (Å²) in [4.78, 5) is 23.0. The van der Waals surface area contributed by atoms with Crippen LogP contribution < -0.4 is 5.32 Å². The number of esters is 1. The molecule has 0 saturated carbocycles. The highest BCUT2D eigenvalue weighted by molar-refractivity contribution is 7.91. The standard InChI is InChI=1S/C10H19NO5S/c1-5-6-10(2,9(13)16-3)11-8(12)7-17(4,14)15/h5-7H2,1-4H3,(H,11,12). The molecule has 0 saturated heterocycles. The smallest absolute Gasteiger partial charge is 0.331 e. The summed E-state index contributed by atoms with van der Waals surface area (Å²) >= 11 is 0. The van der Waals surface area contributed by atoms with Crippen molar-refractivity contribution < 1.29 is 22.7 Å². The Labute approximate surface area is 102 Å². The summed E-state index contributed by atoms with van der Waals surface area (Å²) in [7, 11) is -2.19. The first-order valence-electron chi connectivity index (χ1n) is 5.22. The topological polar surface area (TPSA) is 89.5 Å². The molecule has 0 aromatic carbocycles. The van der Waals surface area contributed by atoms with Crippen molar-refractivity contribution in [3.05, 3.63) is 0 Å². The Morgan fingerprint density at radius 3 is 2.24 bits per heavy atom. The molecule has 0 bridgehead atoms. The first kappa shape index (κ1) is 15.9. The number of nitrogens with one attached hydrogen (secondary N) is 1. The molecule has 0 aliphatic heterocycles. The summed E-state index contributed by atoms with van der Waals surface area (Å²) in [6.07, 6.45) is 2.00. The van der Waals surface area contributed by atoms with Crippen LogP contribution in [0.3, 0.4) is 0 Å². The van der Waals surface area contributed by atoms with Crippen LogP contribution >= 0.6 is 0 Å². The fourth-order valence-electron chi connectivity index (χ4n) is 1.52. The number of rotatable bonds is 6. The Hall–Kier alpha value is -1.11. The van der Waals surface area contributed by atoms with Crippen LogP contribution in [0.15, 0.2) is 0 Å². The van der Waals surface area contributed by atoms with Gasteiger partial charge in [0.15, 0.2) is 9.84 Å². The molecule has 0 aliphatic carbocycles. The summed E-state index contributed by atoms with van der Waals surface area (Å²) in [6, 6.07) is 0. The molecule has 1 amide bonds. The van der Waals surface area contributed by atoms with Gasteiger partial charge in [0.2, 0.25) is 5.91 Å². The van der Waals surface area contributed by atoms with Gasteiger partial charge >= 0.3 is 5.97 Å². The molecule has 6 nitrogen and oxygen atoms in total. The van der Waals surface area contributed by atoms with Crippen LogP contribution in [0.1, 0.15) is 26.7 Å². The minimum Gasteiger partial charge on any atom is -0.467 e. The number of amides is 1. The molecule has 1 atom stereocenters. The quantitative estimate of drug-likeness (QED) is 0.676. The molecule has 1 unspecified atom stereocenters. The van der Waals surface area contributed by atoms with E-state index >= 15 is 0 Å². The molecule has 0 aromatic heterocycles. The molecule has 7 heteroatoms. The molecule has 0 heterocycles. The molecule has 100 valence electrons. The number of hydrogen-bond donors (Lipinski definition) is 1. The Morgan fingerprint density at radius 1 is 1.35 bits per heavy atom.